The lowest BCUT2D eigenvalue weighted by atomic mass is 10.1. The maximum atomic E-state index is 11.7. The topological polar surface area (TPSA) is 66.0 Å². The van der Waals surface area contributed by atoms with Crippen molar-refractivity contribution in [1.82, 2.24) is 15.5 Å². The highest BCUT2D eigenvalue weighted by Gasteiger charge is 2.33. The van der Waals surface area contributed by atoms with Gasteiger partial charge in [-0.15, -0.1) is 6.58 Å². The Morgan fingerprint density at radius 1 is 1.53 bits per heavy atom. The molecule has 19 heavy (non-hydrogen) atoms. The molecule has 1 aliphatic heterocycles. The number of ether oxygens (including phenoxy) is 1. The number of amides is 1. The van der Waals surface area contributed by atoms with E-state index in [-0.39, 0.29) is 12.1 Å². The molecule has 0 radical (unpaired) electrons. The van der Waals surface area contributed by atoms with E-state index in [9.17, 15) is 4.79 Å². The Balaban J connectivity index is 2.29. The molecule has 1 aliphatic rings. The molecule has 1 amide bonds. The first kappa shape index (κ1) is 15.3. The zero-order valence-electron chi connectivity index (χ0n) is 12.2. The Kier molecular flexibility index (Phi) is 5.20. The molecule has 0 bridgehead atoms. The summed E-state index contributed by atoms with van der Waals surface area (Å²) in [6.07, 6.45) is 1.50. The quantitative estimate of drug-likeness (QED) is 0.454. The third kappa shape index (κ3) is 5.19. The monoisotopic (exact) mass is 268 g/mol. The zero-order valence-corrected chi connectivity index (χ0v) is 12.2. The molecule has 0 aromatic carbocycles. The zero-order chi connectivity index (χ0) is 14.5. The SMILES string of the molecule is C=CCNC(=NC)NC1CN(C(=O)OC(C)(C)C)C1. The van der Waals surface area contributed by atoms with Crippen LogP contribution in [-0.2, 0) is 4.74 Å². The van der Waals surface area contributed by atoms with Gasteiger partial charge in [0.1, 0.15) is 5.60 Å². The number of nitrogens with zero attached hydrogens (tertiary/aromatic N) is 2. The highest BCUT2D eigenvalue weighted by molar-refractivity contribution is 5.80. The molecule has 1 fully saturated rings. The number of nitrogens with one attached hydrogen (secondary N) is 2. The lowest BCUT2D eigenvalue weighted by Gasteiger charge is -2.40. The van der Waals surface area contributed by atoms with Crippen LogP contribution in [0, 0.1) is 0 Å². The van der Waals surface area contributed by atoms with Gasteiger partial charge >= 0.3 is 6.09 Å². The molecule has 0 unspecified atom stereocenters. The molecule has 6 nitrogen and oxygen atoms in total. The van der Waals surface area contributed by atoms with Gasteiger partial charge in [-0.25, -0.2) is 4.79 Å². The molecule has 1 rings (SSSR count). The Morgan fingerprint density at radius 2 is 2.16 bits per heavy atom. The number of rotatable bonds is 3. The maximum absolute atomic E-state index is 11.7. The highest BCUT2D eigenvalue weighted by Crippen LogP contribution is 2.14. The van der Waals surface area contributed by atoms with Crippen LogP contribution in [0.15, 0.2) is 17.6 Å². The predicted octanol–water partition coefficient (Wildman–Crippen LogP) is 0.957. The van der Waals surface area contributed by atoms with Crippen molar-refractivity contribution in [2.75, 3.05) is 26.7 Å². The number of aliphatic imine (C=N–C) groups is 1. The van der Waals surface area contributed by atoms with Crippen molar-refractivity contribution in [3.63, 3.8) is 0 Å². The Morgan fingerprint density at radius 3 is 2.63 bits per heavy atom. The van der Waals surface area contributed by atoms with Crippen LogP contribution >= 0.6 is 0 Å². The second-order valence-corrected chi connectivity index (χ2v) is 5.47. The summed E-state index contributed by atoms with van der Waals surface area (Å²) in [5.41, 5.74) is -0.447. The molecule has 0 aliphatic carbocycles. The molecular weight excluding hydrogens is 244 g/mol. The summed E-state index contributed by atoms with van der Waals surface area (Å²) in [6, 6.07) is 0.212. The van der Waals surface area contributed by atoms with Crippen molar-refractivity contribution in [3.05, 3.63) is 12.7 Å². The van der Waals surface area contributed by atoms with Gasteiger partial charge in [0.25, 0.3) is 0 Å². The van der Waals surface area contributed by atoms with E-state index in [0.717, 1.165) is 0 Å². The smallest absolute Gasteiger partial charge is 0.410 e. The molecule has 0 atom stereocenters. The maximum Gasteiger partial charge on any atom is 0.410 e. The van der Waals surface area contributed by atoms with Crippen LogP contribution < -0.4 is 10.6 Å². The average molecular weight is 268 g/mol. The van der Waals surface area contributed by atoms with Crippen molar-refractivity contribution in [2.24, 2.45) is 4.99 Å². The van der Waals surface area contributed by atoms with E-state index in [4.69, 9.17) is 4.74 Å². The largest absolute Gasteiger partial charge is 0.444 e. The van der Waals surface area contributed by atoms with E-state index in [1.807, 2.05) is 20.8 Å². The normalized spacial score (nSPS) is 16.6. The average Bonchev–Trinajstić information content (AvgIpc) is 2.24. The van der Waals surface area contributed by atoms with Crippen LogP contribution in [0.5, 0.6) is 0 Å². The third-order valence-corrected chi connectivity index (χ3v) is 2.51. The van der Waals surface area contributed by atoms with E-state index < -0.39 is 5.60 Å². The van der Waals surface area contributed by atoms with Gasteiger partial charge in [0.2, 0.25) is 0 Å². The standard InChI is InChI=1S/C13H24N4O2/c1-6-7-15-11(14-5)16-10-8-17(9-10)12(18)19-13(2,3)4/h6,10H,1,7-9H2,2-5H3,(H2,14,15,16). The Labute approximate surface area is 114 Å². The Bertz CT molecular complexity index is 354. The minimum atomic E-state index is -0.447. The summed E-state index contributed by atoms with van der Waals surface area (Å²) < 4.78 is 5.29. The fourth-order valence-corrected chi connectivity index (χ4v) is 1.60. The second-order valence-electron chi connectivity index (χ2n) is 5.47. The molecule has 2 N–H and O–H groups in total. The molecular formula is C13H24N4O2. The van der Waals surface area contributed by atoms with Gasteiger partial charge in [-0.2, -0.15) is 0 Å². The molecule has 0 spiro atoms. The van der Waals surface area contributed by atoms with Gasteiger partial charge in [-0.1, -0.05) is 6.08 Å². The molecule has 6 heteroatoms. The van der Waals surface area contributed by atoms with Crippen LogP contribution in [0.25, 0.3) is 0 Å². The number of likely N-dealkylation sites (tertiary alicyclic amines) is 1. The van der Waals surface area contributed by atoms with E-state index in [0.29, 0.717) is 25.6 Å². The summed E-state index contributed by atoms with van der Waals surface area (Å²) in [4.78, 5) is 17.5. The summed E-state index contributed by atoms with van der Waals surface area (Å²) in [5.74, 6) is 0.716. The Hall–Kier alpha value is -1.72. The van der Waals surface area contributed by atoms with Gasteiger partial charge in [-0.3, -0.25) is 4.99 Å². The highest BCUT2D eigenvalue weighted by atomic mass is 16.6. The van der Waals surface area contributed by atoms with Crippen LogP contribution in [0.3, 0.4) is 0 Å². The van der Waals surface area contributed by atoms with Crippen molar-refractivity contribution in [1.29, 1.82) is 0 Å². The van der Waals surface area contributed by atoms with E-state index in [1.54, 1.807) is 18.0 Å². The molecule has 0 aromatic heterocycles. The fourth-order valence-electron chi connectivity index (χ4n) is 1.60. The first-order valence-electron chi connectivity index (χ1n) is 6.41. The van der Waals surface area contributed by atoms with Crippen molar-refractivity contribution < 1.29 is 9.53 Å². The van der Waals surface area contributed by atoms with Crippen LogP contribution in [0.1, 0.15) is 20.8 Å². The van der Waals surface area contributed by atoms with Gasteiger partial charge in [-0.05, 0) is 20.8 Å². The van der Waals surface area contributed by atoms with Crippen LogP contribution in [0.4, 0.5) is 4.79 Å². The van der Waals surface area contributed by atoms with E-state index >= 15 is 0 Å². The number of hydrogen-bond donors (Lipinski definition) is 2. The number of hydrogen-bond acceptors (Lipinski definition) is 3. The van der Waals surface area contributed by atoms with Crippen molar-refractivity contribution in [3.8, 4) is 0 Å². The fraction of sp³-hybridized carbons (Fsp3) is 0.692. The van der Waals surface area contributed by atoms with Gasteiger partial charge in [0.05, 0.1) is 6.04 Å². The summed E-state index contributed by atoms with van der Waals surface area (Å²) >= 11 is 0. The first-order valence-corrected chi connectivity index (χ1v) is 6.41. The van der Waals surface area contributed by atoms with E-state index in [1.165, 1.54) is 0 Å². The van der Waals surface area contributed by atoms with Crippen LogP contribution in [-0.4, -0.2) is 55.3 Å². The van der Waals surface area contributed by atoms with Gasteiger partial charge in [0.15, 0.2) is 5.96 Å². The predicted molar refractivity (Wildman–Crippen MR) is 76.3 cm³/mol. The van der Waals surface area contributed by atoms with Crippen molar-refractivity contribution >= 4 is 12.1 Å². The molecule has 0 saturated carbocycles. The first-order chi connectivity index (χ1) is 8.85. The van der Waals surface area contributed by atoms with Gasteiger partial charge < -0.3 is 20.3 Å². The second kappa shape index (κ2) is 6.45. The molecule has 1 heterocycles. The van der Waals surface area contributed by atoms with Crippen LogP contribution in [0.2, 0.25) is 0 Å². The third-order valence-electron chi connectivity index (χ3n) is 2.51. The number of carbonyl (C=O) groups excluding carboxylic acids is 1. The lowest BCUT2D eigenvalue weighted by Crippen LogP contribution is -2.63. The summed E-state index contributed by atoms with van der Waals surface area (Å²) in [7, 11) is 1.71. The molecule has 1 saturated heterocycles. The minimum Gasteiger partial charge on any atom is -0.444 e. The molecule has 108 valence electrons. The number of guanidine groups is 1. The molecule has 0 aromatic rings. The number of carbonyl (C=O) groups is 1. The van der Waals surface area contributed by atoms with E-state index in [2.05, 4.69) is 22.2 Å². The summed E-state index contributed by atoms with van der Waals surface area (Å²) in [5, 5.41) is 6.31. The van der Waals surface area contributed by atoms with Crippen molar-refractivity contribution in [2.45, 2.75) is 32.4 Å². The van der Waals surface area contributed by atoms with Gasteiger partial charge in [0, 0.05) is 26.7 Å². The summed E-state index contributed by atoms with van der Waals surface area (Å²) in [6.45, 7) is 11.1. The lowest BCUT2D eigenvalue weighted by molar-refractivity contribution is 0.00702. The minimum absolute atomic E-state index is 0.212.